The quantitative estimate of drug-likeness (QED) is 0.736. The second-order valence-corrected chi connectivity index (χ2v) is 5.77. The van der Waals surface area contributed by atoms with Gasteiger partial charge < -0.3 is 15.0 Å². The summed E-state index contributed by atoms with van der Waals surface area (Å²) in [4.78, 5) is 35.3. The average Bonchev–Trinajstić information content (AvgIpc) is 2.62. The molecule has 2 aromatic heterocycles. The second-order valence-electron chi connectivity index (χ2n) is 5.77. The molecule has 0 bridgehead atoms. The summed E-state index contributed by atoms with van der Waals surface area (Å²) in [6.07, 6.45) is 1.99. The Bertz CT molecular complexity index is 981. The minimum atomic E-state index is -0.481. The number of anilines is 1. The van der Waals surface area contributed by atoms with Crippen LogP contribution in [0.25, 0.3) is 0 Å². The maximum Gasteiger partial charge on any atom is 0.275 e. The van der Waals surface area contributed by atoms with E-state index in [1.165, 1.54) is 6.07 Å². The van der Waals surface area contributed by atoms with Gasteiger partial charge in [-0.1, -0.05) is 12.1 Å². The highest BCUT2D eigenvalue weighted by molar-refractivity contribution is 6.02. The number of H-pyrrole nitrogens is 1. The van der Waals surface area contributed by atoms with Crippen LogP contribution in [-0.2, 0) is 6.42 Å². The van der Waals surface area contributed by atoms with Crippen molar-refractivity contribution in [1.82, 2.24) is 15.0 Å². The number of aromatic nitrogens is 3. The summed E-state index contributed by atoms with van der Waals surface area (Å²) in [5.41, 5.74) is 1.56. The summed E-state index contributed by atoms with van der Waals surface area (Å²) in [5, 5.41) is 2.65. The number of nitrogens with one attached hydrogen (secondary N) is 2. The fraction of sp³-hybridized carbons (Fsp3) is 0.158. The molecule has 2 N–H and O–H groups in total. The number of carbonyl (C=O) groups is 1. The molecule has 0 fully saturated rings. The predicted molar refractivity (Wildman–Crippen MR) is 97.6 cm³/mol. The number of benzene rings is 1. The Morgan fingerprint density at radius 1 is 1.19 bits per heavy atom. The van der Waals surface area contributed by atoms with Crippen molar-refractivity contribution in [3.8, 4) is 5.75 Å². The van der Waals surface area contributed by atoms with Crippen LogP contribution in [0.5, 0.6) is 5.75 Å². The molecule has 0 aliphatic rings. The molecule has 7 nitrogen and oxygen atoms in total. The van der Waals surface area contributed by atoms with E-state index >= 15 is 0 Å². The Balaban J connectivity index is 1.80. The van der Waals surface area contributed by atoms with Gasteiger partial charge in [-0.05, 0) is 42.3 Å². The van der Waals surface area contributed by atoms with E-state index in [2.05, 4.69) is 20.3 Å². The maximum absolute atomic E-state index is 12.4. The Labute approximate surface area is 150 Å². The van der Waals surface area contributed by atoms with Crippen LogP contribution in [0.4, 0.5) is 5.82 Å². The highest BCUT2D eigenvalue weighted by atomic mass is 16.5. The topological polar surface area (TPSA) is 97.0 Å². The van der Waals surface area contributed by atoms with E-state index in [0.717, 1.165) is 16.9 Å². The van der Waals surface area contributed by atoms with Crippen molar-refractivity contribution in [2.24, 2.45) is 0 Å². The lowest BCUT2D eigenvalue weighted by Crippen LogP contribution is -2.21. The number of nitrogens with zero attached hydrogens (tertiary/aromatic N) is 2. The van der Waals surface area contributed by atoms with Crippen LogP contribution in [0.1, 0.15) is 27.4 Å². The van der Waals surface area contributed by atoms with Gasteiger partial charge in [-0.2, -0.15) is 0 Å². The molecule has 0 atom stereocenters. The van der Waals surface area contributed by atoms with E-state index in [9.17, 15) is 9.59 Å². The van der Waals surface area contributed by atoms with E-state index in [1.54, 1.807) is 19.4 Å². The van der Waals surface area contributed by atoms with Crippen LogP contribution in [-0.4, -0.2) is 28.0 Å². The molecule has 1 aromatic carbocycles. The fourth-order valence-electron chi connectivity index (χ4n) is 2.43. The molecule has 3 aromatic rings. The zero-order chi connectivity index (χ0) is 18.5. The average molecular weight is 350 g/mol. The lowest BCUT2D eigenvalue weighted by atomic mass is 10.1. The Morgan fingerprint density at radius 2 is 1.96 bits per heavy atom. The SMILES string of the molecule is COc1ccc(Cc2nc(C(=O)Nc3cc(C)ccn3)cc(=O)[nH]2)cc1. The molecular weight excluding hydrogens is 332 g/mol. The largest absolute Gasteiger partial charge is 0.497 e. The molecular formula is C19H18N4O3. The number of amides is 1. The molecule has 0 aliphatic carbocycles. The van der Waals surface area contributed by atoms with Crippen LogP contribution >= 0.6 is 0 Å². The summed E-state index contributed by atoms with van der Waals surface area (Å²) in [6, 6.07) is 12.1. The summed E-state index contributed by atoms with van der Waals surface area (Å²) >= 11 is 0. The minimum Gasteiger partial charge on any atom is -0.497 e. The van der Waals surface area contributed by atoms with E-state index in [-0.39, 0.29) is 11.3 Å². The van der Waals surface area contributed by atoms with E-state index < -0.39 is 5.91 Å². The number of rotatable bonds is 5. The van der Waals surface area contributed by atoms with Gasteiger partial charge >= 0.3 is 0 Å². The number of pyridine rings is 1. The van der Waals surface area contributed by atoms with Crippen molar-refractivity contribution >= 4 is 11.7 Å². The number of ether oxygens (including phenoxy) is 1. The maximum atomic E-state index is 12.4. The van der Waals surface area contributed by atoms with Gasteiger partial charge in [-0.25, -0.2) is 9.97 Å². The molecule has 7 heteroatoms. The Kier molecular flexibility index (Phi) is 5.07. The third-order valence-corrected chi connectivity index (χ3v) is 3.71. The van der Waals surface area contributed by atoms with Gasteiger partial charge in [0.25, 0.3) is 11.5 Å². The smallest absolute Gasteiger partial charge is 0.275 e. The van der Waals surface area contributed by atoms with Crippen molar-refractivity contribution in [3.05, 3.63) is 81.7 Å². The van der Waals surface area contributed by atoms with Gasteiger partial charge in [0.2, 0.25) is 0 Å². The molecule has 0 spiro atoms. The highest BCUT2D eigenvalue weighted by Gasteiger charge is 2.12. The van der Waals surface area contributed by atoms with Crippen LogP contribution in [0.3, 0.4) is 0 Å². The first-order chi connectivity index (χ1) is 12.5. The molecule has 3 rings (SSSR count). The third kappa shape index (κ3) is 4.32. The van der Waals surface area contributed by atoms with Crippen molar-refractivity contribution in [3.63, 3.8) is 0 Å². The Morgan fingerprint density at radius 3 is 2.65 bits per heavy atom. The molecule has 0 aliphatic heterocycles. The number of aromatic amines is 1. The highest BCUT2D eigenvalue weighted by Crippen LogP contribution is 2.13. The van der Waals surface area contributed by atoms with Crippen molar-refractivity contribution in [1.29, 1.82) is 0 Å². The predicted octanol–water partition coefficient (Wildman–Crippen LogP) is 2.33. The minimum absolute atomic E-state index is 0.0422. The number of hydrogen-bond donors (Lipinski definition) is 2. The van der Waals surface area contributed by atoms with E-state index in [1.807, 2.05) is 37.3 Å². The van der Waals surface area contributed by atoms with Crippen molar-refractivity contribution < 1.29 is 9.53 Å². The van der Waals surface area contributed by atoms with Gasteiger partial charge in [0.1, 0.15) is 23.1 Å². The fourth-order valence-corrected chi connectivity index (χ4v) is 2.43. The van der Waals surface area contributed by atoms with Gasteiger partial charge in [-0.15, -0.1) is 0 Å². The number of carbonyl (C=O) groups excluding carboxylic acids is 1. The lowest BCUT2D eigenvalue weighted by molar-refractivity contribution is 0.102. The first kappa shape index (κ1) is 17.3. The van der Waals surface area contributed by atoms with Crippen molar-refractivity contribution in [2.75, 3.05) is 12.4 Å². The molecule has 0 saturated carbocycles. The Hall–Kier alpha value is -3.48. The number of aryl methyl sites for hydroxylation is 1. The number of hydrogen-bond acceptors (Lipinski definition) is 5. The molecule has 0 saturated heterocycles. The van der Waals surface area contributed by atoms with Gasteiger partial charge in [-0.3, -0.25) is 9.59 Å². The zero-order valence-electron chi connectivity index (χ0n) is 14.4. The number of methoxy groups -OCH3 is 1. The summed E-state index contributed by atoms with van der Waals surface area (Å²) in [7, 11) is 1.60. The molecule has 0 unspecified atom stereocenters. The van der Waals surface area contributed by atoms with Crippen LogP contribution < -0.4 is 15.6 Å². The molecule has 2 heterocycles. The normalized spacial score (nSPS) is 10.4. The standard InChI is InChI=1S/C19H18N4O3/c1-12-7-8-20-16(9-12)23-19(25)15-11-18(24)22-17(21-15)10-13-3-5-14(26-2)6-4-13/h3-9,11H,10H2,1-2H3,(H,20,23,25)(H,21,22,24). The summed E-state index contributed by atoms with van der Waals surface area (Å²) in [5.74, 6) is 1.08. The van der Waals surface area contributed by atoms with Gasteiger partial charge in [0, 0.05) is 18.7 Å². The molecule has 0 radical (unpaired) electrons. The second kappa shape index (κ2) is 7.60. The zero-order valence-corrected chi connectivity index (χ0v) is 14.4. The lowest BCUT2D eigenvalue weighted by Gasteiger charge is -2.07. The van der Waals surface area contributed by atoms with Gasteiger partial charge in [0.05, 0.1) is 7.11 Å². The third-order valence-electron chi connectivity index (χ3n) is 3.71. The van der Waals surface area contributed by atoms with Crippen LogP contribution in [0.15, 0.2) is 53.5 Å². The first-order valence-corrected chi connectivity index (χ1v) is 8.00. The molecule has 1 amide bonds. The van der Waals surface area contributed by atoms with E-state index in [4.69, 9.17) is 4.74 Å². The van der Waals surface area contributed by atoms with Crippen LogP contribution in [0.2, 0.25) is 0 Å². The summed E-state index contributed by atoms with van der Waals surface area (Å²) in [6.45, 7) is 1.90. The van der Waals surface area contributed by atoms with Gasteiger partial charge in [0.15, 0.2) is 0 Å². The van der Waals surface area contributed by atoms with Crippen molar-refractivity contribution in [2.45, 2.75) is 13.3 Å². The molecule has 26 heavy (non-hydrogen) atoms. The molecule has 132 valence electrons. The summed E-state index contributed by atoms with van der Waals surface area (Å²) < 4.78 is 5.12. The van der Waals surface area contributed by atoms with Crippen LogP contribution in [0, 0.1) is 6.92 Å². The first-order valence-electron chi connectivity index (χ1n) is 8.00. The van der Waals surface area contributed by atoms with E-state index in [0.29, 0.717) is 18.1 Å². The monoisotopic (exact) mass is 350 g/mol.